The van der Waals surface area contributed by atoms with E-state index in [-0.39, 0.29) is 12.5 Å². The van der Waals surface area contributed by atoms with Gasteiger partial charge in [-0.05, 0) is 42.8 Å². The highest BCUT2D eigenvalue weighted by Gasteiger charge is 2.04. The minimum Gasteiger partial charge on any atom is -0.484 e. The highest BCUT2D eigenvalue weighted by Crippen LogP contribution is 2.21. The smallest absolute Gasteiger partial charge is 0.262 e. The van der Waals surface area contributed by atoms with Crippen LogP contribution in [0.1, 0.15) is 5.56 Å². The van der Waals surface area contributed by atoms with Crippen LogP contribution in [0.5, 0.6) is 5.75 Å². The Morgan fingerprint density at radius 1 is 1.21 bits per heavy atom. The first-order valence-corrected chi connectivity index (χ1v) is 6.68. The Bertz CT molecular complexity index is 570. The van der Waals surface area contributed by atoms with Crippen LogP contribution in [-0.4, -0.2) is 12.5 Å². The predicted octanol–water partition coefficient (Wildman–Crippen LogP) is 3.78. The van der Waals surface area contributed by atoms with E-state index in [0.717, 1.165) is 15.7 Å². The highest BCUT2D eigenvalue weighted by molar-refractivity contribution is 9.10. The molecule has 98 valence electrons. The molecule has 0 heterocycles. The van der Waals surface area contributed by atoms with Crippen LogP contribution in [0, 0.1) is 6.92 Å². The maximum atomic E-state index is 11.7. The van der Waals surface area contributed by atoms with Gasteiger partial charge in [0.15, 0.2) is 6.61 Å². The maximum Gasteiger partial charge on any atom is 0.262 e. The number of benzene rings is 2. The number of hydrogen-bond donors (Lipinski definition) is 1. The van der Waals surface area contributed by atoms with Crippen molar-refractivity contribution in [1.82, 2.24) is 0 Å². The molecule has 0 aliphatic carbocycles. The number of aryl methyl sites for hydroxylation is 1. The summed E-state index contributed by atoms with van der Waals surface area (Å²) < 4.78 is 6.46. The van der Waals surface area contributed by atoms with E-state index in [1.807, 2.05) is 55.5 Å². The number of nitrogens with one attached hydrogen (secondary N) is 1. The van der Waals surface area contributed by atoms with Crippen LogP contribution in [0.2, 0.25) is 0 Å². The molecule has 0 bridgehead atoms. The molecule has 2 aromatic rings. The second-order valence-electron chi connectivity index (χ2n) is 4.11. The lowest BCUT2D eigenvalue weighted by atomic mass is 10.2. The van der Waals surface area contributed by atoms with E-state index in [4.69, 9.17) is 4.74 Å². The summed E-state index contributed by atoms with van der Waals surface area (Å²) in [5, 5.41) is 2.76. The van der Waals surface area contributed by atoms with E-state index in [1.54, 1.807) is 0 Å². The van der Waals surface area contributed by atoms with Crippen LogP contribution in [0.15, 0.2) is 53.0 Å². The molecule has 2 rings (SSSR count). The van der Waals surface area contributed by atoms with Crippen molar-refractivity contribution in [3.8, 4) is 5.75 Å². The van der Waals surface area contributed by atoms with Gasteiger partial charge in [0, 0.05) is 10.2 Å². The van der Waals surface area contributed by atoms with Crippen LogP contribution in [0.4, 0.5) is 5.69 Å². The monoisotopic (exact) mass is 319 g/mol. The molecule has 0 aliphatic rings. The van der Waals surface area contributed by atoms with Crippen molar-refractivity contribution in [2.75, 3.05) is 11.9 Å². The predicted molar refractivity (Wildman–Crippen MR) is 79.4 cm³/mol. The van der Waals surface area contributed by atoms with Gasteiger partial charge in [-0.2, -0.15) is 0 Å². The summed E-state index contributed by atoms with van der Waals surface area (Å²) in [5.74, 6) is 0.510. The standard InChI is InChI=1S/C15H14BrNO2/c1-11-9-13(7-8-14(11)16)19-10-15(18)17-12-5-3-2-4-6-12/h2-9H,10H2,1H3,(H,17,18). The molecule has 0 radical (unpaired) electrons. The summed E-state index contributed by atoms with van der Waals surface area (Å²) in [6, 6.07) is 14.9. The molecule has 0 unspecified atom stereocenters. The number of rotatable bonds is 4. The maximum absolute atomic E-state index is 11.7. The van der Waals surface area contributed by atoms with Gasteiger partial charge in [0.05, 0.1) is 0 Å². The van der Waals surface area contributed by atoms with Gasteiger partial charge in [-0.3, -0.25) is 4.79 Å². The number of hydrogen-bond acceptors (Lipinski definition) is 2. The van der Waals surface area contributed by atoms with Gasteiger partial charge in [-0.25, -0.2) is 0 Å². The molecule has 0 spiro atoms. The number of halogens is 1. The van der Waals surface area contributed by atoms with E-state index in [2.05, 4.69) is 21.2 Å². The molecule has 3 nitrogen and oxygen atoms in total. The molecule has 1 amide bonds. The van der Waals surface area contributed by atoms with Gasteiger partial charge >= 0.3 is 0 Å². The largest absolute Gasteiger partial charge is 0.484 e. The second kappa shape index (κ2) is 6.38. The van der Waals surface area contributed by atoms with Crippen molar-refractivity contribution in [3.63, 3.8) is 0 Å². The van der Waals surface area contributed by atoms with Crippen LogP contribution in [-0.2, 0) is 4.79 Å². The number of para-hydroxylation sites is 1. The van der Waals surface area contributed by atoms with E-state index >= 15 is 0 Å². The molecule has 0 atom stereocenters. The Morgan fingerprint density at radius 3 is 2.63 bits per heavy atom. The van der Waals surface area contributed by atoms with Crippen molar-refractivity contribution < 1.29 is 9.53 Å². The molecule has 2 aromatic carbocycles. The molecular formula is C15H14BrNO2. The van der Waals surface area contributed by atoms with Crippen LogP contribution in [0.25, 0.3) is 0 Å². The summed E-state index contributed by atoms with van der Waals surface area (Å²) in [4.78, 5) is 11.7. The third-order valence-electron chi connectivity index (χ3n) is 2.56. The Labute approximate surface area is 120 Å². The van der Waals surface area contributed by atoms with Gasteiger partial charge in [0.25, 0.3) is 5.91 Å². The third-order valence-corrected chi connectivity index (χ3v) is 3.45. The fraction of sp³-hybridized carbons (Fsp3) is 0.133. The summed E-state index contributed by atoms with van der Waals surface area (Å²) in [6.07, 6.45) is 0. The van der Waals surface area contributed by atoms with Gasteiger partial charge in [0.1, 0.15) is 5.75 Å². The normalized spacial score (nSPS) is 10.0. The van der Waals surface area contributed by atoms with Gasteiger partial charge in [-0.15, -0.1) is 0 Å². The number of anilines is 1. The first kappa shape index (κ1) is 13.6. The van der Waals surface area contributed by atoms with Gasteiger partial charge in [-0.1, -0.05) is 34.1 Å². The molecule has 0 saturated heterocycles. The van der Waals surface area contributed by atoms with E-state index in [9.17, 15) is 4.79 Å². The average Bonchev–Trinajstić information content (AvgIpc) is 2.41. The lowest BCUT2D eigenvalue weighted by Crippen LogP contribution is -2.20. The van der Waals surface area contributed by atoms with Crippen LogP contribution in [0.3, 0.4) is 0 Å². The Balaban J connectivity index is 1.88. The van der Waals surface area contributed by atoms with Crippen molar-refractivity contribution in [3.05, 3.63) is 58.6 Å². The zero-order chi connectivity index (χ0) is 13.7. The summed E-state index contributed by atoms with van der Waals surface area (Å²) in [7, 11) is 0. The number of ether oxygens (including phenoxy) is 1. The number of carbonyl (C=O) groups excluding carboxylic acids is 1. The highest BCUT2D eigenvalue weighted by atomic mass is 79.9. The molecular weight excluding hydrogens is 306 g/mol. The van der Waals surface area contributed by atoms with Crippen molar-refractivity contribution in [2.45, 2.75) is 6.92 Å². The lowest BCUT2D eigenvalue weighted by molar-refractivity contribution is -0.118. The number of carbonyl (C=O) groups is 1. The first-order chi connectivity index (χ1) is 9.15. The molecule has 0 saturated carbocycles. The Kier molecular flexibility index (Phi) is 4.58. The van der Waals surface area contributed by atoms with Crippen molar-refractivity contribution in [2.24, 2.45) is 0 Å². The first-order valence-electron chi connectivity index (χ1n) is 5.89. The van der Waals surface area contributed by atoms with E-state index in [1.165, 1.54) is 0 Å². The fourth-order valence-corrected chi connectivity index (χ4v) is 1.82. The van der Waals surface area contributed by atoms with E-state index < -0.39 is 0 Å². The Hall–Kier alpha value is -1.81. The molecule has 0 aromatic heterocycles. The molecule has 19 heavy (non-hydrogen) atoms. The minimum atomic E-state index is -0.174. The quantitative estimate of drug-likeness (QED) is 0.931. The summed E-state index contributed by atoms with van der Waals surface area (Å²) >= 11 is 3.42. The van der Waals surface area contributed by atoms with Crippen molar-refractivity contribution in [1.29, 1.82) is 0 Å². The van der Waals surface area contributed by atoms with Gasteiger partial charge in [0.2, 0.25) is 0 Å². The van der Waals surface area contributed by atoms with Crippen LogP contribution < -0.4 is 10.1 Å². The SMILES string of the molecule is Cc1cc(OCC(=O)Nc2ccccc2)ccc1Br. The molecule has 0 fully saturated rings. The van der Waals surface area contributed by atoms with Gasteiger partial charge < -0.3 is 10.1 Å². The fourth-order valence-electron chi connectivity index (χ4n) is 1.57. The molecule has 4 heteroatoms. The van der Waals surface area contributed by atoms with Crippen LogP contribution >= 0.6 is 15.9 Å². The zero-order valence-corrected chi connectivity index (χ0v) is 12.1. The minimum absolute atomic E-state index is 0.00400. The zero-order valence-electron chi connectivity index (χ0n) is 10.5. The second-order valence-corrected chi connectivity index (χ2v) is 4.97. The molecule has 1 N–H and O–H groups in total. The third kappa shape index (κ3) is 4.10. The summed E-state index contributed by atoms with van der Waals surface area (Å²) in [6.45, 7) is 1.97. The van der Waals surface area contributed by atoms with E-state index in [0.29, 0.717) is 5.75 Å². The lowest BCUT2D eigenvalue weighted by Gasteiger charge is -2.08. The number of amides is 1. The summed E-state index contributed by atoms with van der Waals surface area (Å²) in [5.41, 5.74) is 1.84. The Morgan fingerprint density at radius 2 is 1.95 bits per heavy atom. The average molecular weight is 320 g/mol. The van der Waals surface area contributed by atoms with Crippen molar-refractivity contribution >= 4 is 27.5 Å². The topological polar surface area (TPSA) is 38.3 Å². The molecule has 0 aliphatic heterocycles.